The van der Waals surface area contributed by atoms with Gasteiger partial charge >= 0.3 is 0 Å². The number of hydrazine groups is 1. The molecule has 0 aromatic carbocycles. The van der Waals surface area contributed by atoms with Gasteiger partial charge in [-0.1, -0.05) is 12.2 Å². The summed E-state index contributed by atoms with van der Waals surface area (Å²) in [4.78, 5) is 0.687. The van der Waals surface area contributed by atoms with Gasteiger partial charge in [0.2, 0.25) is 0 Å². The van der Waals surface area contributed by atoms with Gasteiger partial charge in [0, 0.05) is 20.1 Å². The highest BCUT2D eigenvalue weighted by Crippen LogP contribution is 1.89. The van der Waals surface area contributed by atoms with Crippen LogP contribution in [0.4, 0.5) is 0 Å². The first-order valence-electron chi connectivity index (χ1n) is 2.79. The van der Waals surface area contributed by atoms with Gasteiger partial charge in [-0.3, -0.25) is 5.84 Å². The zero-order chi connectivity index (χ0) is 7.11. The second-order valence-corrected chi connectivity index (χ2v) is 2.16. The van der Waals surface area contributed by atoms with E-state index in [1.165, 1.54) is 0 Å². The summed E-state index contributed by atoms with van der Waals surface area (Å²) in [6.07, 6.45) is 1.74. The molecule has 9 heavy (non-hydrogen) atoms. The van der Waals surface area contributed by atoms with Crippen LogP contribution in [0, 0.1) is 0 Å². The van der Waals surface area contributed by atoms with Crippen LogP contribution >= 0.6 is 12.2 Å². The Bertz CT molecular complexity index is 87.0. The van der Waals surface area contributed by atoms with E-state index >= 15 is 0 Å². The third kappa shape index (κ3) is 5.68. The summed E-state index contributed by atoms with van der Waals surface area (Å²) in [7, 11) is 1.67. The van der Waals surface area contributed by atoms with E-state index in [1.807, 2.05) is 0 Å². The molecule has 0 saturated heterocycles. The quantitative estimate of drug-likeness (QED) is 0.259. The summed E-state index contributed by atoms with van der Waals surface area (Å²) in [6.45, 7) is 0.738. The van der Waals surface area contributed by atoms with Crippen LogP contribution in [0.25, 0.3) is 0 Å². The molecular formula is C5H12N2OS. The largest absolute Gasteiger partial charge is 0.385 e. The van der Waals surface area contributed by atoms with Crippen molar-refractivity contribution < 1.29 is 4.74 Å². The number of nitrogens with two attached hydrogens (primary N) is 1. The van der Waals surface area contributed by atoms with Gasteiger partial charge < -0.3 is 10.2 Å². The van der Waals surface area contributed by atoms with Gasteiger partial charge in [-0.25, -0.2) is 0 Å². The van der Waals surface area contributed by atoms with E-state index in [0.29, 0.717) is 4.99 Å². The van der Waals surface area contributed by atoms with Crippen molar-refractivity contribution in [1.29, 1.82) is 0 Å². The van der Waals surface area contributed by atoms with E-state index in [9.17, 15) is 0 Å². The van der Waals surface area contributed by atoms with Crippen molar-refractivity contribution in [3.8, 4) is 0 Å². The predicted molar refractivity (Wildman–Crippen MR) is 41.0 cm³/mol. The minimum atomic E-state index is 0.687. The minimum absolute atomic E-state index is 0.687. The number of thiocarbonyl (C=S) groups is 1. The number of methoxy groups -OCH3 is 1. The third-order valence-electron chi connectivity index (χ3n) is 0.913. The average Bonchev–Trinajstić information content (AvgIpc) is 1.89. The topological polar surface area (TPSA) is 47.3 Å². The first-order valence-corrected chi connectivity index (χ1v) is 3.20. The summed E-state index contributed by atoms with van der Waals surface area (Å²) >= 11 is 4.78. The van der Waals surface area contributed by atoms with Gasteiger partial charge in [-0.15, -0.1) is 0 Å². The summed E-state index contributed by atoms with van der Waals surface area (Å²) in [5.74, 6) is 5.02. The Morgan fingerprint density at radius 2 is 2.44 bits per heavy atom. The Labute approximate surface area is 60.5 Å². The molecule has 3 nitrogen and oxygen atoms in total. The van der Waals surface area contributed by atoms with Crippen LogP contribution in [0.3, 0.4) is 0 Å². The number of ether oxygens (including phenoxy) is 1. The van der Waals surface area contributed by atoms with Gasteiger partial charge in [0.15, 0.2) is 0 Å². The predicted octanol–water partition coefficient (Wildman–Crippen LogP) is 0.204. The molecule has 0 spiro atoms. The molecule has 0 fully saturated rings. The highest BCUT2D eigenvalue weighted by atomic mass is 32.1. The third-order valence-corrected chi connectivity index (χ3v) is 1.24. The fraction of sp³-hybridized carbons (Fsp3) is 0.800. The molecule has 4 heteroatoms. The van der Waals surface area contributed by atoms with Crippen molar-refractivity contribution in [2.24, 2.45) is 5.84 Å². The Morgan fingerprint density at radius 3 is 2.89 bits per heavy atom. The molecule has 0 unspecified atom stereocenters. The molecule has 0 aliphatic carbocycles. The second-order valence-electron chi connectivity index (χ2n) is 1.66. The molecule has 0 bridgehead atoms. The summed E-state index contributed by atoms with van der Waals surface area (Å²) in [5, 5.41) is 0. The van der Waals surface area contributed by atoms with Crippen LogP contribution in [0.2, 0.25) is 0 Å². The van der Waals surface area contributed by atoms with Crippen LogP contribution in [0.5, 0.6) is 0 Å². The number of hydrogen-bond acceptors (Lipinski definition) is 3. The molecule has 0 heterocycles. The minimum Gasteiger partial charge on any atom is -0.385 e. The van der Waals surface area contributed by atoms with E-state index in [-0.39, 0.29) is 0 Å². The fourth-order valence-corrected chi connectivity index (χ4v) is 0.594. The van der Waals surface area contributed by atoms with E-state index in [0.717, 1.165) is 19.4 Å². The van der Waals surface area contributed by atoms with Gasteiger partial charge in [0.25, 0.3) is 0 Å². The zero-order valence-corrected chi connectivity index (χ0v) is 6.33. The molecule has 0 aliphatic heterocycles. The van der Waals surface area contributed by atoms with Gasteiger partial charge in [0.1, 0.15) is 0 Å². The van der Waals surface area contributed by atoms with E-state index in [4.69, 9.17) is 22.8 Å². The molecule has 0 saturated carbocycles. The molecule has 0 amide bonds. The molecule has 0 aromatic rings. The Morgan fingerprint density at radius 1 is 1.78 bits per heavy atom. The number of rotatable bonds is 4. The van der Waals surface area contributed by atoms with Crippen LogP contribution in [-0.2, 0) is 4.74 Å². The highest BCUT2D eigenvalue weighted by Gasteiger charge is 1.90. The van der Waals surface area contributed by atoms with Crippen molar-refractivity contribution >= 4 is 17.2 Å². The van der Waals surface area contributed by atoms with Crippen molar-refractivity contribution in [2.45, 2.75) is 12.8 Å². The first-order chi connectivity index (χ1) is 4.31. The molecule has 0 radical (unpaired) electrons. The van der Waals surface area contributed by atoms with Crippen LogP contribution < -0.4 is 11.3 Å². The lowest BCUT2D eigenvalue weighted by Gasteiger charge is -1.99. The highest BCUT2D eigenvalue weighted by molar-refractivity contribution is 7.80. The number of nitrogens with one attached hydrogen (secondary N) is 1. The maximum Gasteiger partial charge on any atom is 0.0894 e. The monoisotopic (exact) mass is 148 g/mol. The van der Waals surface area contributed by atoms with Gasteiger partial charge in [0.05, 0.1) is 4.99 Å². The zero-order valence-electron chi connectivity index (χ0n) is 5.52. The van der Waals surface area contributed by atoms with Crippen molar-refractivity contribution in [3.05, 3.63) is 0 Å². The lowest BCUT2D eigenvalue weighted by atomic mass is 10.3. The molecule has 0 aromatic heterocycles. The Balaban J connectivity index is 2.97. The Kier molecular flexibility index (Phi) is 5.81. The first kappa shape index (κ1) is 8.81. The molecule has 54 valence electrons. The van der Waals surface area contributed by atoms with Crippen LogP contribution in [-0.4, -0.2) is 18.7 Å². The molecule has 0 rings (SSSR count). The van der Waals surface area contributed by atoms with Gasteiger partial charge in [-0.2, -0.15) is 0 Å². The summed E-state index contributed by atoms with van der Waals surface area (Å²) < 4.78 is 4.81. The molecular weight excluding hydrogens is 136 g/mol. The van der Waals surface area contributed by atoms with E-state index in [2.05, 4.69) is 5.43 Å². The molecule has 0 atom stereocenters. The summed E-state index contributed by atoms with van der Waals surface area (Å²) in [5.41, 5.74) is 2.40. The standard InChI is InChI=1S/C5H12N2OS/c1-8-4-2-3-5(9)7-6/h2-4,6H2,1H3,(H,7,9). The fourth-order valence-electron chi connectivity index (χ4n) is 0.449. The van der Waals surface area contributed by atoms with Crippen molar-refractivity contribution in [1.82, 2.24) is 5.43 Å². The molecule has 0 aliphatic rings. The van der Waals surface area contributed by atoms with Crippen LogP contribution in [0.1, 0.15) is 12.8 Å². The van der Waals surface area contributed by atoms with Crippen molar-refractivity contribution in [3.63, 3.8) is 0 Å². The lowest BCUT2D eigenvalue weighted by Crippen LogP contribution is -2.28. The van der Waals surface area contributed by atoms with Crippen molar-refractivity contribution in [2.75, 3.05) is 13.7 Å². The SMILES string of the molecule is COCCCC(=S)NN. The van der Waals surface area contributed by atoms with Crippen LogP contribution in [0.15, 0.2) is 0 Å². The molecule has 3 N–H and O–H groups in total. The maximum atomic E-state index is 5.02. The average molecular weight is 148 g/mol. The Hall–Kier alpha value is -0.190. The summed E-state index contributed by atoms with van der Waals surface area (Å²) in [6, 6.07) is 0. The number of hydrogen-bond donors (Lipinski definition) is 2. The smallest absolute Gasteiger partial charge is 0.0894 e. The normalized spacial score (nSPS) is 9.11. The van der Waals surface area contributed by atoms with Gasteiger partial charge in [-0.05, 0) is 6.42 Å². The lowest BCUT2D eigenvalue weighted by molar-refractivity contribution is 0.196. The van der Waals surface area contributed by atoms with E-state index < -0.39 is 0 Å². The van der Waals surface area contributed by atoms with E-state index in [1.54, 1.807) is 7.11 Å². The maximum absolute atomic E-state index is 5.02. The second kappa shape index (κ2) is 5.94.